The van der Waals surface area contributed by atoms with Gasteiger partial charge in [-0.3, -0.25) is 9.97 Å². The lowest BCUT2D eigenvalue weighted by Crippen LogP contribution is -2.13. The number of nitrogens with zero attached hydrogens (tertiary/aromatic N) is 2. The van der Waals surface area contributed by atoms with Gasteiger partial charge in [-0.25, -0.2) is 0 Å². The van der Waals surface area contributed by atoms with Crippen LogP contribution in [0.4, 0.5) is 0 Å². The number of nitrogens with two attached hydrogens (primary N) is 1. The summed E-state index contributed by atoms with van der Waals surface area (Å²) in [5, 5.41) is 0. The molecule has 2 rings (SSSR count). The highest BCUT2D eigenvalue weighted by molar-refractivity contribution is 9.10. The van der Waals surface area contributed by atoms with Gasteiger partial charge in [-0.05, 0) is 46.6 Å². The molecule has 0 aliphatic rings. The standard InChI is InChI=1S/C13H14BrN3O/c1-2-18-11-5-9(6-16-8-11)13(15)12-4-3-10(14)7-17-12/h3-8,13H,2,15H2,1H3. The third-order valence-electron chi connectivity index (χ3n) is 2.47. The minimum absolute atomic E-state index is 0.300. The van der Waals surface area contributed by atoms with Crippen molar-refractivity contribution in [2.24, 2.45) is 5.73 Å². The Morgan fingerprint density at radius 1 is 1.33 bits per heavy atom. The van der Waals surface area contributed by atoms with Crippen molar-refractivity contribution >= 4 is 15.9 Å². The average Bonchev–Trinajstić information content (AvgIpc) is 2.39. The Hall–Kier alpha value is -1.46. The molecule has 0 amide bonds. The van der Waals surface area contributed by atoms with Gasteiger partial charge in [0, 0.05) is 16.9 Å². The molecule has 94 valence electrons. The molecule has 0 aromatic carbocycles. The lowest BCUT2D eigenvalue weighted by atomic mass is 10.1. The Bertz CT molecular complexity index is 516. The van der Waals surface area contributed by atoms with Crippen LogP contribution in [0, 0.1) is 0 Å². The van der Waals surface area contributed by atoms with Gasteiger partial charge in [0.1, 0.15) is 5.75 Å². The highest BCUT2D eigenvalue weighted by atomic mass is 79.9. The summed E-state index contributed by atoms with van der Waals surface area (Å²) in [5.41, 5.74) is 7.84. The maximum Gasteiger partial charge on any atom is 0.137 e. The van der Waals surface area contributed by atoms with Gasteiger partial charge in [0.15, 0.2) is 0 Å². The molecule has 0 saturated carbocycles. The number of pyridine rings is 2. The van der Waals surface area contributed by atoms with Crippen LogP contribution in [0.15, 0.2) is 41.3 Å². The molecule has 2 N–H and O–H groups in total. The van der Waals surface area contributed by atoms with E-state index < -0.39 is 0 Å². The summed E-state index contributed by atoms with van der Waals surface area (Å²) in [6.07, 6.45) is 5.14. The maximum atomic E-state index is 6.16. The van der Waals surface area contributed by atoms with Gasteiger partial charge in [-0.2, -0.15) is 0 Å². The second-order valence-electron chi connectivity index (χ2n) is 3.77. The SMILES string of the molecule is CCOc1cncc(C(N)c2ccc(Br)cn2)c1. The second kappa shape index (κ2) is 5.93. The van der Waals surface area contributed by atoms with Crippen molar-refractivity contribution in [3.63, 3.8) is 0 Å². The predicted molar refractivity (Wildman–Crippen MR) is 73.4 cm³/mol. The van der Waals surface area contributed by atoms with E-state index in [1.54, 1.807) is 18.6 Å². The van der Waals surface area contributed by atoms with Crippen LogP contribution in [0.1, 0.15) is 24.2 Å². The van der Waals surface area contributed by atoms with E-state index in [2.05, 4.69) is 25.9 Å². The van der Waals surface area contributed by atoms with Gasteiger partial charge in [0.05, 0.1) is 24.5 Å². The maximum absolute atomic E-state index is 6.16. The van der Waals surface area contributed by atoms with Crippen LogP contribution in [0.5, 0.6) is 5.75 Å². The van der Waals surface area contributed by atoms with E-state index in [1.165, 1.54) is 0 Å². The Kier molecular flexibility index (Phi) is 4.28. The molecule has 0 fully saturated rings. The monoisotopic (exact) mass is 307 g/mol. The number of hydrogen-bond acceptors (Lipinski definition) is 4. The zero-order chi connectivity index (χ0) is 13.0. The van der Waals surface area contributed by atoms with Crippen molar-refractivity contribution < 1.29 is 4.74 Å². The normalized spacial score (nSPS) is 12.2. The zero-order valence-corrected chi connectivity index (χ0v) is 11.6. The summed E-state index contributed by atoms with van der Waals surface area (Å²) in [5.74, 6) is 0.725. The summed E-state index contributed by atoms with van der Waals surface area (Å²) in [6.45, 7) is 2.54. The van der Waals surface area contributed by atoms with Crippen molar-refractivity contribution in [3.05, 3.63) is 52.5 Å². The fourth-order valence-electron chi connectivity index (χ4n) is 1.59. The van der Waals surface area contributed by atoms with Crippen LogP contribution < -0.4 is 10.5 Å². The summed E-state index contributed by atoms with van der Waals surface area (Å²) < 4.78 is 6.34. The molecule has 0 spiro atoms. The van der Waals surface area contributed by atoms with Crippen LogP contribution in [0.25, 0.3) is 0 Å². The molecule has 2 heterocycles. The second-order valence-corrected chi connectivity index (χ2v) is 4.68. The third-order valence-corrected chi connectivity index (χ3v) is 2.94. The lowest BCUT2D eigenvalue weighted by Gasteiger charge is -2.12. The van der Waals surface area contributed by atoms with E-state index in [9.17, 15) is 0 Å². The zero-order valence-electron chi connectivity index (χ0n) is 10.0. The lowest BCUT2D eigenvalue weighted by molar-refractivity contribution is 0.338. The topological polar surface area (TPSA) is 61.0 Å². The number of hydrogen-bond donors (Lipinski definition) is 1. The molecular weight excluding hydrogens is 294 g/mol. The number of ether oxygens (including phenoxy) is 1. The number of halogens is 1. The summed E-state index contributed by atoms with van der Waals surface area (Å²) in [4.78, 5) is 8.42. The van der Waals surface area contributed by atoms with Crippen LogP contribution in [-0.2, 0) is 0 Å². The first-order chi connectivity index (χ1) is 8.70. The third kappa shape index (κ3) is 3.05. The quantitative estimate of drug-likeness (QED) is 0.943. The molecule has 0 radical (unpaired) electrons. The molecule has 5 heteroatoms. The smallest absolute Gasteiger partial charge is 0.137 e. The van der Waals surface area contributed by atoms with E-state index in [4.69, 9.17) is 10.5 Å². The molecular formula is C13H14BrN3O. The predicted octanol–water partition coefficient (Wildman–Crippen LogP) is 2.69. The molecule has 1 unspecified atom stereocenters. The van der Waals surface area contributed by atoms with Crippen LogP contribution in [0.3, 0.4) is 0 Å². The fourth-order valence-corrected chi connectivity index (χ4v) is 1.83. The largest absolute Gasteiger partial charge is 0.492 e. The van der Waals surface area contributed by atoms with Gasteiger partial charge in [0.2, 0.25) is 0 Å². The van der Waals surface area contributed by atoms with Crippen molar-refractivity contribution in [1.29, 1.82) is 0 Å². The van der Waals surface area contributed by atoms with Crippen molar-refractivity contribution in [2.45, 2.75) is 13.0 Å². The van der Waals surface area contributed by atoms with E-state index in [0.717, 1.165) is 21.5 Å². The van der Waals surface area contributed by atoms with E-state index in [1.807, 2.05) is 25.1 Å². The van der Waals surface area contributed by atoms with Crippen LogP contribution >= 0.6 is 15.9 Å². The Balaban J connectivity index is 2.24. The highest BCUT2D eigenvalue weighted by Crippen LogP contribution is 2.21. The summed E-state index contributed by atoms with van der Waals surface area (Å²) in [6, 6.07) is 5.40. The van der Waals surface area contributed by atoms with Gasteiger partial charge in [-0.1, -0.05) is 0 Å². The van der Waals surface area contributed by atoms with E-state index >= 15 is 0 Å². The minimum Gasteiger partial charge on any atom is -0.492 e. The fraction of sp³-hybridized carbons (Fsp3) is 0.231. The van der Waals surface area contributed by atoms with Gasteiger partial charge < -0.3 is 10.5 Å². The van der Waals surface area contributed by atoms with Crippen molar-refractivity contribution in [2.75, 3.05) is 6.61 Å². The first-order valence-corrected chi connectivity index (χ1v) is 6.44. The molecule has 0 bridgehead atoms. The van der Waals surface area contributed by atoms with E-state index in [0.29, 0.717) is 6.61 Å². The summed E-state index contributed by atoms with van der Waals surface area (Å²) in [7, 11) is 0. The number of aromatic nitrogens is 2. The summed E-state index contributed by atoms with van der Waals surface area (Å²) >= 11 is 3.35. The van der Waals surface area contributed by atoms with Gasteiger partial charge in [0.25, 0.3) is 0 Å². The molecule has 2 aromatic rings. The van der Waals surface area contributed by atoms with Gasteiger partial charge >= 0.3 is 0 Å². The molecule has 0 aliphatic heterocycles. The molecule has 18 heavy (non-hydrogen) atoms. The number of rotatable bonds is 4. The Morgan fingerprint density at radius 2 is 2.17 bits per heavy atom. The molecule has 2 aromatic heterocycles. The highest BCUT2D eigenvalue weighted by Gasteiger charge is 2.11. The average molecular weight is 308 g/mol. The Morgan fingerprint density at radius 3 is 2.83 bits per heavy atom. The van der Waals surface area contributed by atoms with E-state index in [-0.39, 0.29) is 6.04 Å². The van der Waals surface area contributed by atoms with Crippen molar-refractivity contribution in [1.82, 2.24) is 9.97 Å². The first kappa shape index (κ1) is 13.0. The minimum atomic E-state index is -0.300. The molecule has 1 atom stereocenters. The first-order valence-electron chi connectivity index (χ1n) is 5.65. The van der Waals surface area contributed by atoms with Gasteiger partial charge in [-0.15, -0.1) is 0 Å². The van der Waals surface area contributed by atoms with Crippen LogP contribution in [0.2, 0.25) is 0 Å². The molecule has 4 nitrogen and oxygen atoms in total. The Labute approximate surface area is 114 Å². The van der Waals surface area contributed by atoms with Crippen molar-refractivity contribution in [3.8, 4) is 5.75 Å². The molecule has 0 saturated heterocycles. The van der Waals surface area contributed by atoms with Crippen LogP contribution in [-0.4, -0.2) is 16.6 Å². The molecule has 0 aliphatic carbocycles.